The number of rotatable bonds is 2. The normalized spacial score (nSPS) is 21.2. The first-order chi connectivity index (χ1) is 14.0. The molecular formula is C24H21N3O2. The smallest absolute Gasteiger partial charge is 0.339 e. The Morgan fingerprint density at radius 2 is 1.90 bits per heavy atom. The van der Waals surface area contributed by atoms with Crippen LogP contribution < -0.4 is 0 Å². The second-order valence-corrected chi connectivity index (χ2v) is 7.62. The maximum atomic E-state index is 13.1. The summed E-state index contributed by atoms with van der Waals surface area (Å²) in [6.45, 7) is 4.04. The van der Waals surface area contributed by atoms with Gasteiger partial charge in [-0.2, -0.15) is 5.10 Å². The van der Waals surface area contributed by atoms with E-state index in [-0.39, 0.29) is 18.0 Å². The van der Waals surface area contributed by atoms with Crippen LogP contribution in [-0.2, 0) is 16.6 Å². The number of pyridine rings is 1. The van der Waals surface area contributed by atoms with E-state index in [2.05, 4.69) is 29.1 Å². The van der Waals surface area contributed by atoms with Gasteiger partial charge in [0.05, 0.1) is 11.3 Å². The highest BCUT2D eigenvalue weighted by atomic mass is 16.5. The summed E-state index contributed by atoms with van der Waals surface area (Å²) in [6, 6.07) is 11.8. The Balaban J connectivity index is 1.81. The molecule has 144 valence electrons. The molecule has 0 spiro atoms. The molecule has 0 saturated carbocycles. The second kappa shape index (κ2) is 6.55. The SMILES string of the molecule is CC1=CC2C(c3cnc4c(c3)c(C)nn4C)=C(c3ccccc3)C(=O)OC2C=C1. The van der Waals surface area contributed by atoms with Crippen molar-refractivity contribution >= 4 is 28.1 Å². The highest BCUT2D eigenvalue weighted by Crippen LogP contribution is 2.43. The summed E-state index contributed by atoms with van der Waals surface area (Å²) < 4.78 is 7.59. The molecule has 5 nitrogen and oxygen atoms in total. The van der Waals surface area contributed by atoms with Crippen LogP contribution >= 0.6 is 0 Å². The monoisotopic (exact) mass is 383 g/mol. The lowest BCUT2D eigenvalue weighted by Gasteiger charge is -2.34. The Bertz CT molecular complexity index is 1230. The Morgan fingerprint density at radius 3 is 2.69 bits per heavy atom. The Hall–Kier alpha value is -3.47. The fourth-order valence-electron chi connectivity index (χ4n) is 4.29. The van der Waals surface area contributed by atoms with Crippen molar-refractivity contribution in [3.05, 3.63) is 83.2 Å². The Kier molecular flexibility index (Phi) is 3.98. The molecule has 0 N–H and O–H groups in total. The molecule has 2 aromatic heterocycles. The molecular weight excluding hydrogens is 362 g/mol. The van der Waals surface area contributed by atoms with Gasteiger partial charge in [-0.05, 0) is 42.7 Å². The topological polar surface area (TPSA) is 57.0 Å². The lowest BCUT2D eigenvalue weighted by Crippen LogP contribution is -2.33. The zero-order chi connectivity index (χ0) is 20.1. The van der Waals surface area contributed by atoms with Gasteiger partial charge >= 0.3 is 5.97 Å². The number of ether oxygens (including phenoxy) is 1. The van der Waals surface area contributed by atoms with Gasteiger partial charge in [0.25, 0.3) is 0 Å². The van der Waals surface area contributed by atoms with Crippen LogP contribution in [-0.4, -0.2) is 26.8 Å². The van der Waals surface area contributed by atoms with Crippen LogP contribution in [0.25, 0.3) is 22.2 Å². The minimum atomic E-state index is -0.306. The molecule has 0 radical (unpaired) electrons. The van der Waals surface area contributed by atoms with Crippen molar-refractivity contribution in [2.45, 2.75) is 20.0 Å². The number of fused-ring (bicyclic) bond motifs is 2. The molecule has 1 aliphatic carbocycles. The lowest BCUT2D eigenvalue weighted by atomic mass is 9.78. The molecule has 1 aliphatic heterocycles. The van der Waals surface area contributed by atoms with Gasteiger partial charge in [-0.3, -0.25) is 4.68 Å². The van der Waals surface area contributed by atoms with Gasteiger partial charge in [0.1, 0.15) is 6.10 Å². The zero-order valence-electron chi connectivity index (χ0n) is 16.6. The predicted molar refractivity (Wildman–Crippen MR) is 113 cm³/mol. The number of carbonyl (C=O) groups is 1. The number of esters is 1. The van der Waals surface area contributed by atoms with E-state index in [9.17, 15) is 4.79 Å². The van der Waals surface area contributed by atoms with Gasteiger partial charge in [-0.15, -0.1) is 0 Å². The van der Waals surface area contributed by atoms with E-state index in [1.54, 1.807) is 4.68 Å². The van der Waals surface area contributed by atoms with Gasteiger partial charge in [0, 0.05) is 24.5 Å². The van der Waals surface area contributed by atoms with Crippen molar-refractivity contribution < 1.29 is 9.53 Å². The average molecular weight is 383 g/mol. The predicted octanol–water partition coefficient (Wildman–Crippen LogP) is 4.25. The van der Waals surface area contributed by atoms with Crippen LogP contribution in [0.2, 0.25) is 0 Å². The number of aryl methyl sites for hydroxylation is 2. The highest BCUT2D eigenvalue weighted by Gasteiger charge is 2.38. The summed E-state index contributed by atoms with van der Waals surface area (Å²) >= 11 is 0. The van der Waals surface area contributed by atoms with E-state index in [1.807, 2.05) is 62.7 Å². The number of allylic oxidation sites excluding steroid dienone is 2. The van der Waals surface area contributed by atoms with E-state index in [1.165, 1.54) is 0 Å². The number of hydrogen-bond acceptors (Lipinski definition) is 4. The molecule has 0 bridgehead atoms. The summed E-state index contributed by atoms with van der Waals surface area (Å²) in [5.41, 5.74) is 6.25. The van der Waals surface area contributed by atoms with Crippen LogP contribution in [0.15, 0.2) is 66.4 Å². The molecule has 0 saturated heterocycles. The molecule has 2 atom stereocenters. The largest absolute Gasteiger partial charge is 0.454 e. The molecule has 3 heterocycles. The molecule has 29 heavy (non-hydrogen) atoms. The summed E-state index contributed by atoms with van der Waals surface area (Å²) in [6.07, 6.45) is 7.70. The molecule has 2 aliphatic rings. The van der Waals surface area contributed by atoms with Crippen LogP contribution in [0.3, 0.4) is 0 Å². The van der Waals surface area contributed by atoms with Gasteiger partial charge in [0.15, 0.2) is 5.65 Å². The van der Waals surface area contributed by atoms with Crippen molar-refractivity contribution in [3.63, 3.8) is 0 Å². The molecule has 2 unspecified atom stereocenters. The van der Waals surface area contributed by atoms with E-state index < -0.39 is 0 Å². The highest BCUT2D eigenvalue weighted by molar-refractivity contribution is 6.26. The van der Waals surface area contributed by atoms with Crippen molar-refractivity contribution in [3.8, 4) is 0 Å². The van der Waals surface area contributed by atoms with Crippen LogP contribution in [0.4, 0.5) is 0 Å². The summed E-state index contributed by atoms with van der Waals surface area (Å²) in [4.78, 5) is 17.7. The molecule has 0 fully saturated rings. The minimum absolute atomic E-state index is 0.0517. The number of nitrogens with zero attached hydrogens (tertiary/aromatic N) is 3. The average Bonchev–Trinajstić information content (AvgIpc) is 3.01. The van der Waals surface area contributed by atoms with E-state index in [0.717, 1.165) is 39.0 Å². The molecule has 1 aromatic carbocycles. The second-order valence-electron chi connectivity index (χ2n) is 7.62. The van der Waals surface area contributed by atoms with Crippen molar-refractivity contribution in [1.29, 1.82) is 0 Å². The zero-order valence-corrected chi connectivity index (χ0v) is 16.6. The number of aromatic nitrogens is 3. The van der Waals surface area contributed by atoms with E-state index in [4.69, 9.17) is 4.74 Å². The van der Waals surface area contributed by atoms with Crippen molar-refractivity contribution in [1.82, 2.24) is 14.8 Å². The number of carbonyl (C=O) groups excluding carboxylic acids is 1. The lowest BCUT2D eigenvalue weighted by molar-refractivity contribution is -0.141. The minimum Gasteiger partial charge on any atom is -0.454 e. The first-order valence-corrected chi connectivity index (χ1v) is 9.70. The quantitative estimate of drug-likeness (QED) is 0.621. The van der Waals surface area contributed by atoms with Gasteiger partial charge in [0.2, 0.25) is 0 Å². The maximum Gasteiger partial charge on any atom is 0.339 e. The first-order valence-electron chi connectivity index (χ1n) is 9.70. The maximum absolute atomic E-state index is 13.1. The fourth-order valence-corrected chi connectivity index (χ4v) is 4.29. The molecule has 3 aromatic rings. The summed E-state index contributed by atoms with van der Waals surface area (Å²) in [5, 5.41) is 5.48. The van der Waals surface area contributed by atoms with Crippen molar-refractivity contribution in [2.24, 2.45) is 13.0 Å². The van der Waals surface area contributed by atoms with E-state index in [0.29, 0.717) is 5.57 Å². The van der Waals surface area contributed by atoms with Gasteiger partial charge in [-0.25, -0.2) is 9.78 Å². The van der Waals surface area contributed by atoms with Crippen molar-refractivity contribution in [2.75, 3.05) is 0 Å². The third-order valence-electron chi connectivity index (χ3n) is 5.63. The molecule has 0 amide bonds. The summed E-state index contributed by atoms with van der Waals surface area (Å²) in [7, 11) is 1.89. The van der Waals surface area contributed by atoms with E-state index >= 15 is 0 Å². The number of hydrogen-bond donors (Lipinski definition) is 0. The van der Waals surface area contributed by atoms with Gasteiger partial charge in [-0.1, -0.05) is 48.1 Å². The first kappa shape index (κ1) is 17.6. The fraction of sp³-hybridized carbons (Fsp3) is 0.208. The standard InChI is InChI=1S/C24H21N3O2/c1-14-9-10-20-19(11-14)21(22(24(28)29-20)16-7-5-4-6-8-16)17-12-18-15(2)26-27(3)23(18)25-13-17/h4-13,19-20H,1-3H3. The summed E-state index contributed by atoms with van der Waals surface area (Å²) in [5.74, 6) is -0.350. The Labute approximate surface area is 169 Å². The Morgan fingerprint density at radius 1 is 1.10 bits per heavy atom. The molecule has 5 heteroatoms. The van der Waals surface area contributed by atoms with Crippen LogP contribution in [0.5, 0.6) is 0 Å². The van der Waals surface area contributed by atoms with Gasteiger partial charge < -0.3 is 4.74 Å². The molecule has 5 rings (SSSR count). The third-order valence-corrected chi connectivity index (χ3v) is 5.63. The van der Waals surface area contributed by atoms with Crippen LogP contribution in [0, 0.1) is 12.8 Å². The number of benzene rings is 1. The van der Waals surface area contributed by atoms with Crippen LogP contribution in [0.1, 0.15) is 23.7 Å². The third kappa shape index (κ3) is 2.81.